The van der Waals surface area contributed by atoms with E-state index in [2.05, 4.69) is 42.9 Å². The fourth-order valence-electron chi connectivity index (χ4n) is 2.17. The van der Waals surface area contributed by atoms with Crippen molar-refractivity contribution in [1.82, 2.24) is 4.98 Å². The lowest BCUT2D eigenvalue weighted by Gasteiger charge is -2.29. The highest BCUT2D eigenvalue weighted by Gasteiger charge is 2.17. The van der Waals surface area contributed by atoms with E-state index in [-0.39, 0.29) is 0 Å². The Bertz CT molecular complexity index is 436. The summed E-state index contributed by atoms with van der Waals surface area (Å²) in [5.41, 5.74) is 0. The van der Waals surface area contributed by atoms with Gasteiger partial charge in [-0.1, -0.05) is 49.9 Å². The van der Waals surface area contributed by atoms with Crippen molar-refractivity contribution < 1.29 is 0 Å². The fourth-order valence-corrected chi connectivity index (χ4v) is 2.70. The molecule has 0 amide bonds. The van der Waals surface area contributed by atoms with Gasteiger partial charge >= 0.3 is 0 Å². The Morgan fingerprint density at radius 1 is 1.14 bits per heavy atom. The Hall–Kier alpha value is -0.670. The van der Waals surface area contributed by atoms with E-state index in [1.165, 1.54) is 12.8 Å². The van der Waals surface area contributed by atoms with Crippen LogP contribution < -0.4 is 10.2 Å². The SMILES string of the molecule is CCCCCN(c1nc(NCCC)c(Cl)cc1Cl)C(C)C. The zero-order chi connectivity index (χ0) is 15.8. The van der Waals surface area contributed by atoms with Gasteiger partial charge in [0.15, 0.2) is 0 Å². The average Bonchev–Trinajstić information content (AvgIpc) is 2.43. The summed E-state index contributed by atoms with van der Waals surface area (Å²) in [4.78, 5) is 6.92. The molecule has 1 N–H and O–H groups in total. The smallest absolute Gasteiger partial charge is 0.150 e. The van der Waals surface area contributed by atoms with Gasteiger partial charge in [-0.25, -0.2) is 4.98 Å². The lowest BCUT2D eigenvalue weighted by Crippen LogP contribution is -2.33. The third kappa shape index (κ3) is 5.55. The first-order valence-corrected chi connectivity index (χ1v) is 8.63. The van der Waals surface area contributed by atoms with Crippen molar-refractivity contribution in [3.05, 3.63) is 16.1 Å². The molecular weight excluding hydrogens is 305 g/mol. The average molecular weight is 332 g/mol. The van der Waals surface area contributed by atoms with Gasteiger partial charge in [-0.05, 0) is 32.8 Å². The molecule has 0 aliphatic carbocycles. The number of unbranched alkanes of at least 4 members (excludes halogenated alkanes) is 2. The van der Waals surface area contributed by atoms with E-state index in [0.29, 0.717) is 16.1 Å². The van der Waals surface area contributed by atoms with Gasteiger partial charge in [-0.2, -0.15) is 0 Å². The number of hydrogen-bond acceptors (Lipinski definition) is 3. The minimum absolute atomic E-state index is 0.354. The van der Waals surface area contributed by atoms with Crippen LogP contribution in [0.2, 0.25) is 10.0 Å². The van der Waals surface area contributed by atoms with Crippen LogP contribution in [-0.4, -0.2) is 24.1 Å². The zero-order valence-corrected chi connectivity index (χ0v) is 15.1. The van der Waals surface area contributed by atoms with Crippen molar-refractivity contribution in [3.8, 4) is 0 Å². The Balaban J connectivity index is 3.00. The van der Waals surface area contributed by atoms with E-state index in [4.69, 9.17) is 23.2 Å². The first-order valence-electron chi connectivity index (χ1n) is 7.87. The number of aromatic nitrogens is 1. The van der Waals surface area contributed by atoms with Crippen molar-refractivity contribution in [2.45, 2.75) is 59.4 Å². The molecule has 0 aliphatic heterocycles. The molecular formula is C16H27Cl2N3. The molecule has 0 unspecified atom stereocenters. The lowest BCUT2D eigenvalue weighted by atomic mass is 10.2. The van der Waals surface area contributed by atoms with Crippen LogP contribution in [-0.2, 0) is 0 Å². The summed E-state index contributed by atoms with van der Waals surface area (Å²) in [7, 11) is 0. The minimum atomic E-state index is 0.354. The summed E-state index contributed by atoms with van der Waals surface area (Å²) in [5.74, 6) is 1.55. The van der Waals surface area contributed by atoms with Gasteiger partial charge < -0.3 is 10.2 Å². The first-order chi connectivity index (χ1) is 10.0. The number of rotatable bonds is 9. The molecule has 5 heteroatoms. The topological polar surface area (TPSA) is 28.2 Å². The summed E-state index contributed by atoms with van der Waals surface area (Å²) in [6.07, 6.45) is 4.60. The van der Waals surface area contributed by atoms with Crippen molar-refractivity contribution in [2.75, 3.05) is 23.3 Å². The second-order valence-electron chi connectivity index (χ2n) is 5.55. The quantitative estimate of drug-likeness (QED) is 0.595. The molecule has 21 heavy (non-hydrogen) atoms. The summed E-state index contributed by atoms with van der Waals surface area (Å²) in [6, 6.07) is 2.14. The third-order valence-corrected chi connectivity index (χ3v) is 3.92. The number of nitrogens with one attached hydrogen (secondary N) is 1. The summed E-state index contributed by atoms with van der Waals surface area (Å²) >= 11 is 12.6. The summed E-state index contributed by atoms with van der Waals surface area (Å²) in [5, 5.41) is 4.46. The maximum atomic E-state index is 6.37. The molecule has 0 spiro atoms. The molecule has 1 aromatic heterocycles. The molecule has 0 saturated heterocycles. The van der Waals surface area contributed by atoms with Crippen molar-refractivity contribution in [1.29, 1.82) is 0 Å². The van der Waals surface area contributed by atoms with Crippen LogP contribution in [0.25, 0.3) is 0 Å². The molecule has 120 valence electrons. The third-order valence-electron chi connectivity index (χ3n) is 3.35. The molecule has 0 fully saturated rings. The standard InChI is InChI=1S/C16H27Cl2N3/c1-5-7-8-10-21(12(3)4)16-14(18)11-13(17)15(20-16)19-9-6-2/h11-12H,5-10H2,1-4H3,(H,19,20). The minimum Gasteiger partial charge on any atom is -0.369 e. The predicted molar refractivity (Wildman–Crippen MR) is 95.0 cm³/mol. The van der Waals surface area contributed by atoms with Crippen LogP contribution in [0.15, 0.2) is 6.07 Å². The van der Waals surface area contributed by atoms with Gasteiger partial charge in [0.25, 0.3) is 0 Å². The molecule has 0 atom stereocenters. The van der Waals surface area contributed by atoms with Crippen LogP contribution in [0.3, 0.4) is 0 Å². The van der Waals surface area contributed by atoms with E-state index in [0.717, 1.165) is 37.6 Å². The second-order valence-corrected chi connectivity index (χ2v) is 6.36. The van der Waals surface area contributed by atoms with Gasteiger partial charge in [0.1, 0.15) is 11.6 Å². The van der Waals surface area contributed by atoms with Crippen molar-refractivity contribution >= 4 is 34.8 Å². The van der Waals surface area contributed by atoms with E-state index < -0.39 is 0 Å². The number of halogens is 2. The first kappa shape index (κ1) is 18.4. The Labute approximate surface area is 139 Å². The largest absolute Gasteiger partial charge is 0.369 e. The molecule has 3 nitrogen and oxygen atoms in total. The second kappa shape index (κ2) is 9.37. The van der Waals surface area contributed by atoms with Crippen molar-refractivity contribution in [2.24, 2.45) is 0 Å². The molecule has 1 heterocycles. The maximum Gasteiger partial charge on any atom is 0.150 e. The fraction of sp³-hybridized carbons (Fsp3) is 0.688. The number of pyridine rings is 1. The number of anilines is 2. The number of hydrogen-bond donors (Lipinski definition) is 1. The normalized spacial score (nSPS) is 11.0. The molecule has 0 aliphatic rings. The van der Waals surface area contributed by atoms with Crippen LogP contribution in [0.4, 0.5) is 11.6 Å². The Morgan fingerprint density at radius 2 is 1.86 bits per heavy atom. The van der Waals surface area contributed by atoms with E-state index in [9.17, 15) is 0 Å². The van der Waals surface area contributed by atoms with Gasteiger partial charge in [0, 0.05) is 19.1 Å². The molecule has 0 radical (unpaired) electrons. The predicted octanol–water partition coefficient (Wildman–Crippen LogP) is 5.62. The maximum absolute atomic E-state index is 6.37. The van der Waals surface area contributed by atoms with Crippen LogP contribution in [0, 0.1) is 0 Å². The molecule has 0 saturated carbocycles. The van der Waals surface area contributed by atoms with E-state index in [1.807, 2.05) is 0 Å². The number of nitrogens with zero attached hydrogens (tertiary/aromatic N) is 2. The monoisotopic (exact) mass is 331 g/mol. The van der Waals surface area contributed by atoms with Gasteiger partial charge in [-0.15, -0.1) is 0 Å². The molecule has 0 bridgehead atoms. The van der Waals surface area contributed by atoms with Crippen molar-refractivity contribution in [3.63, 3.8) is 0 Å². The Kier molecular flexibility index (Phi) is 8.20. The molecule has 0 aromatic carbocycles. The van der Waals surface area contributed by atoms with Gasteiger partial charge in [-0.3, -0.25) is 0 Å². The lowest BCUT2D eigenvalue weighted by molar-refractivity contribution is 0.620. The summed E-state index contributed by atoms with van der Waals surface area (Å²) < 4.78 is 0. The van der Waals surface area contributed by atoms with Crippen LogP contribution >= 0.6 is 23.2 Å². The van der Waals surface area contributed by atoms with Gasteiger partial charge in [0.2, 0.25) is 0 Å². The highest BCUT2D eigenvalue weighted by molar-refractivity contribution is 6.37. The van der Waals surface area contributed by atoms with Gasteiger partial charge in [0.05, 0.1) is 10.0 Å². The Morgan fingerprint density at radius 3 is 2.43 bits per heavy atom. The highest BCUT2D eigenvalue weighted by Crippen LogP contribution is 2.32. The van der Waals surface area contributed by atoms with E-state index in [1.54, 1.807) is 6.07 Å². The van der Waals surface area contributed by atoms with Crippen LogP contribution in [0.1, 0.15) is 53.4 Å². The highest BCUT2D eigenvalue weighted by atomic mass is 35.5. The molecule has 1 aromatic rings. The zero-order valence-electron chi connectivity index (χ0n) is 13.5. The van der Waals surface area contributed by atoms with Crippen LogP contribution in [0.5, 0.6) is 0 Å². The molecule has 1 rings (SSSR count). The van der Waals surface area contributed by atoms with E-state index >= 15 is 0 Å². The summed E-state index contributed by atoms with van der Waals surface area (Å²) in [6.45, 7) is 10.5.